The van der Waals surface area contributed by atoms with Crippen LogP contribution in [0.2, 0.25) is 10.0 Å². The second-order valence-corrected chi connectivity index (χ2v) is 18.0. The van der Waals surface area contributed by atoms with Crippen molar-refractivity contribution in [2.75, 3.05) is 39.3 Å². The summed E-state index contributed by atoms with van der Waals surface area (Å²) >= 11 is 11.3. The van der Waals surface area contributed by atoms with Crippen molar-refractivity contribution in [1.82, 2.24) is 30.4 Å². The van der Waals surface area contributed by atoms with E-state index in [1.165, 1.54) is 22.1 Å². The van der Waals surface area contributed by atoms with Gasteiger partial charge in [0.25, 0.3) is 5.91 Å². The van der Waals surface area contributed by atoms with Gasteiger partial charge in [-0.25, -0.2) is 4.98 Å². The number of aliphatic hydroxyl groups is 2. The first-order chi connectivity index (χ1) is 32.6. The van der Waals surface area contributed by atoms with Crippen molar-refractivity contribution in [2.45, 2.75) is 48.8 Å². The van der Waals surface area contributed by atoms with Crippen LogP contribution in [0.15, 0.2) is 108 Å². The van der Waals surface area contributed by atoms with Gasteiger partial charge in [0.15, 0.2) is 11.5 Å². The van der Waals surface area contributed by atoms with E-state index in [-0.39, 0.29) is 56.4 Å². The standard InChI is InChI=1S/C38H39ClF3N5O7.C6H3ClF3NO3S/c39-25-10-11-28(43-18-25)32-12-13-33(54-32)37(52)47-15-14-46(29(20-47)36(51)44-22-38(40,41)42)19-26(48)17-24(16-23-6-2-1-3-7-23)35(50)45-34-27-8-4-5-9-31(27)53-21-30(34)49;7-4-1-2-5(11-3-4)14-15(12,13)6(8,9)10/h1-13,18,24,26,29-30,34,48-49H,14-17,19-22H2,(H,44,51)(H,45,50);1-3H/t24-,26+,29?,30-,34+;/m1./s1. The van der Waals surface area contributed by atoms with E-state index in [1.54, 1.807) is 42.5 Å². The van der Waals surface area contributed by atoms with Crippen molar-refractivity contribution in [3.63, 3.8) is 0 Å². The zero-order chi connectivity index (χ0) is 50.1. The highest BCUT2D eigenvalue weighted by Crippen LogP contribution is 2.33. The largest absolute Gasteiger partial charge is 0.534 e. The highest BCUT2D eigenvalue weighted by Gasteiger charge is 2.49. The van der Waals surface area contributed by atoms with E-state index in [4.69, 9.17) is 32.4 Å². The molecule has 69 heavy (non-hydrogen) atoms. The molecule has 0 aliphatic carbocycles. The van der Waals surface area contributed by atoms with Crippen LogP contribution < -0.4 is 19.6 Å². The van der Waals surface area contributed by atoms with E-state index in [2.05, 4.69) is 19.5 Å². The van der Waals surface area contributed by atoms with Crippen molar-refractivity contribution in [1.29, 1.82) is 0 Å². The molecule has 7 rings (SSSR count). The number of pyridine rings is 2. The maximum Gasteiger partial charge on any atom is 0.534 e. The summed E-state index contributed by atoms with van der Waals surface area (Å²) < 4.78 is 111. The van der Waals surface area contributed by atoms with Crippen LogP contribution >= 0.6 is 23.2 Å². The molecule has 5 aromatic rings. The molecule has 0 radical (unpaired) electrons. The van der Waals surface area contributed by atoms with Crippen molar-refractivity contribution in [3.8, 4) is 23.1 Å². The number of para-hydroxylation sites is 1. The topological polar surface area (TPSA) is 214 Å². The Hall–Kier alpha value is -5.98. The fourth-order valence-electron chi connectivity index (χ4n) is 7.26. The molecule has 370 valence electrons. The second-order valence-electron chi connectivity index (χ2n) is 15.6. The summed E-state index contributed by atoms with van der Waals surface area (Å²) in [5, 5.41) is 27.6. The number of piperazine rings is 1. The van der Waals surface area contributed by atoms with E-state index < -0.39 is 82.2 Å². The number of nitrogens with one attached hydrogen (secondary N) is 2. The highest BCUT2D eigenvalue weighted by molar-refractivity contribution is 7.87. The van der Waals surface area contributed by atoms with Crippen molar-refractivity contribution in [3.05, 3.63) is 130 Å². The first-order valence-electron chi connectivity index (χ1n) is 20.7. The Bertz CT molecular complexity index is 2650. The van der Waals surface area contributed by atoms with Crippen LogP contribution in [0.1, 0.15) is 34.1 Å². The van der Waals surface area contributed by atoms with Gasteiger partial charge < -0.3 is 39.1 Å². The van der Waals surface area contributed by atoms with Crippen molar-refractivity contribution in [2.24, 2.45) is 5.92 Å². The Labute approximate surface area is 400 Å². The summed E-state index contributed by atoms with van der Waals surface area (Å²) in [5.74, 6) is -2.72. The van der Waals surface area contributed by atoms with Gasteiger partial charge >= 0.3 is 21.8 Å². The molecule has 5 atom stereocenters. The SMILES string of the molecule is O=C(NCC(F)(F)F)C1CN(C(=O)c2ccc(-c3ccc(Cl)cn3)o2)CCN1C[C@@H](O)C[C@@H](Cc1ccccc1)C(=O)N[C@H]1c2ccccc2OC[C@H]1O.O=S(=O)(Oc1ccc(Cl)cn1)C(F)(F)F. The number of furan rings is 1. The van der Waals surface area contributed by atoms with Gasteiger partial charge in [-0.1, -0.05) is 71.7 Å². The summed E-state index contributed by atoms with van der Waals surface area (Å²) in [4.78, 5) is 50.9. The van der Waals surface area contributed by atoms with Gasteiger partial charge in [-0.2, -0.15) is 34.8 Å². The summed E-state index contributed by atoms with van der Waals surface area (Å²) in [5.41, 5.74) is -3.62. The van der Waals surface area contributed by atoms with E-state index >= 15 is 0 Å². The zero-order valence-electron chi connectivity index (χ0n) is 35.7. The number of carbonyl (C=O) groups excluding carboxylic acids is 3. The Morgan fingerprint density at radius 3 is 2.22 bits per heavy atom. The monoisotopic (exact) mass is 1030 g/mol. The molecule has 3 amide bonds. The molecular formula is C44H42Cl2F6N6O10S. The van der Waals surface area contributed by atoms with Crippen molar-refractivity contribution < 1.29 is 72.7 Å². The van der Waals surface area contributed by atoms with Crippen LogP contribution in [0.3, 0.4) is 0 Å². The molecule has 1 fully saturated rings. The molecule has 2 aliphatic rings. The van der Waals surface area contributed by atoms with Gasteiger partial charge in [-0.3, -0.25) is 24.3 Å². The smallest absolute Gasteiger partial charge is 0.490 e. The lowest BCUT2D eigenvalue weighted by Crippen LogP contribution is -2.61. The number of fused-ring (bicyclic) bond motifs is 1. The van der Waals surface area contributed by atoms with Gasteiger partial charge in [0.1, 0.15) is 36.7 Å². The molecule has 2 aliphatic heterocycles. The van der Waals surface area contributed by atoms with Crippen LogP contribution in [-0.2, 0) is 26.1 Å². The molecule has 0 bridgehead atoms. The molecular weight excluding hydrogens is 989 g/mol. The molecule has 1 unspecified atom stereocenters. The zero-order valence-corrected chi connectivity index (χ0v) is 38.1. The van der Waals surface area contributed by atoms with Crippen LogP contribution in [-0.4, -0.2) is 125 Å². The minimum atomic E-state index is -5.67. The quantitative estimate of drug-likeness (QED) is 0.0573. The summed E-state index contributed by atoms with van der Waals surface area (Å²) in [6.07, 6.45) is -4.38. The molecule has 2 aromatic carbocycles. The number of benzene rings is 2. The number of halogens is 8. The average Bonchev–Trinajstić information content (AvgIpc) is 3.80. The van der Waals surface area contributed by atoms with Gasteiger partial charge in [0.2, 0.25) is 17.7 Å². The summed E-state index contributed by atoms with van der Waals surface area (Å²) in [6, 6.07) is 22.4. The van der Waals surface area contributed by atoms with Crippen LogP contribution in [0.5, 0.6) is 11.6 Å². The lowest BCUT2D eigenvalue weighted by Gasteiger charge is -2.41. The second kappa shape index (κ2) is 22.6. The van der Waals surface area contributed by atoms with Gasteiger partial charge in [0.05, 0.1) is 22.2 Å². The molecule has 0 spiro atoms. The molecule has 25 heteroatoms. The fourth-order valence-corrected chi connectivity index (χ4v) is 7.91. The number of carbonyl (C=O) groups is 3. The van der Waals surface area contributed by atoms with Crippen LogP contribution in [0.25, 0.3) is 11.5 Å². The summed E-state index contributed by atoms with van der Waals surface area (Å²) in [7, 11) is -5.67. The Morgan fingerprint density at radius 2 is 1.57 bits per heavy atom. The number of rotatable bonds is 14. The van der Waals surface area contributed by atoms with Crippen LogP contribution in [0, 0.1) is 5.92 Å². The fraction of sp³-hybridized carbons (Fsp3) is 0.341. The number of amides is 3. The predicted molar refractivity (Wildman–Crippen MR) is 235 cm³/mol. The number of aromatic nitrogens is 2. The molecule has 4 N–H and O–H groups in total. The minimum Gasteiger partial charge on any atom is -0.490 e. The first kappa shape index (κ1) is 52.4. The van der Waals surface area contributed by atoms with E-state index in [0.29, 0.717) is 27.8 Å². The van der Waals surface area contributed by atoms with Gasteiger partial charge in [-0.05, 0) is 54.8 Å². The number of alkyl halides is 6. The Kier molecular flexibility index (Phi) is 17.2. The third kappa shape index (κ3) is 14.5. The highest BCUT2D eigenvalue weighted by atomic mass is 35.5. The van der Waals surface area contributed by atoms with Gasteiger partial charge in [0, 0.05) is 56.1 Å². The van der Waals surface area contributed by atoms with Crippen LogP contribution in [0.4, 0.5) is 26.3 Å². The molecule has 16 nitrogen and oxygen atoms in total. The van der Waals surface area contributed by atoms with Gasteiger partial charge in [-0.15, -0.1) is 0 Å². The van der Waals surface area contributed by atoms with E-state index in [0.717, 1.165) is 23.9 Å². The maximum absolute atomic E-state index is 13.9. The normalized spacial score (nSPS) is 18.3. The number of hydrogen-bond donors (Lipinski definition) is 4. The predicted octanol–water partition coefficient (Wildman–Crippen LogP) is 5.98. The number of nitrogens with zero attached hydrogens (tertiary/aromatic N) is 4. The first-order valence-corrected chi connectivity index (χ1v) is 22.9. The number of hydrogen-bond acceptors (Lipinski definition) is 13. The third-order valence-electron chi connectivity index (χ3n) is 10.6. The third-order valence-corrected chi connectivity index (χ3v) is 12.0. The number of ether oxygens (including phenoxy) is 1. The molecule has 0 saturated carbocycles. The average molecular weight is 1030 g/mol. The van der Waals surface area contributed by atoms with Crippen molar-refractivity contribution >= 4 is 51.0 Å². The minimum absolute atomic E-state index is 0.0269. The Balaban J connectivity index is 0.000000445. The lowest BCUT2D eigenvalue weighted by molar-refractivity contribution is -0.143. The van der Waals surface area contributed by atoms with E-state index in [1.807, 2.05) is 35.6 Å². The van der Waals surface area contributed by atoms with E-state index in [9.17, 15) is 59.4 Å². The Morgan fingerprint density at radius 1 is 0.884 bits per heavy atom. The molecule has 1 saturated heterocycles. The number of β-amino-alcohol motifs (C(OH)–C–C–N with tert-alkyl or cyclic N) is 1. The summed E-state index contributed by atoms with van der Waals surface area (Å²) in [6.45, 7) is -1.98. The molecule has 3 aromatic heterocycles. The number of aliphatic hydroxyl groups excluding tert-OH is 2. The maximum atomic E-state index is 13.9. The lowest BCUT2D eigenvalue weighted by atomic mass is 9.90. The molecule has 5 heterocycles.